The van der Waals surface area contributed by atoms with Gasteiger partial charge in [-0.15, -0.1) is 11.3 Å². The molecule has 3 amide bonds. The van der Waals surface area contributed by atoms with E-state index >= 15 is 0 Å². The van der Waals surface area contributed by atoms with Crippen molar-refractivity contribution in [3.05, 3.63) is 63.4 Å². The first-order valence-corrected chi connectivity index (χ1v) is 10.5. The minimum absolute atomic E-state index is 0.217. The van der Waals surface area contributed by atoms with Gasteiger partial charge < -0.3 is 0 Å². The van der Waals surface area contributed by atoms with Crippen molar-refractivity contribution in [3.63, 3.8) is 0 Å². The summed E-state index contributed by atoms with van der Waals surface area (Å²) in [4.78, 5) is 43.0. The Labute approximate surface area is 179 Å². The first-order valence-electron chi connectivity index (χ1n) is 8.93. The zero-order chi connectivity index (χ0) is 20.5. The molecule has 1 aliphatic rings. The molecule has 6 nitrogen and oxygen atoms in total. The molecule has 1 aliphatic heterocycles. The van der Waals surface area contributed by atoms with E-state index in [2.05, 4.69) is 26.2 Å². The highest BCUT2D eigenvalue weighted by atomic mass is 79.9. The van der Waals surface area contributed by atoms with Crippen molar-refractivity contribution >= 4 is 55.8 Å². The highest BCUT2D eigenvalue weighted by molar-refractivity contribution is 9.10. The van der Waals surface area contributed by atoms with Gasteiger partial charge in [0.2, 0.25) is 11.8 Å². The number of anilines is 2. The lowest BCUT2D eigenvalue weighted by Crippen LogP contribution is -2.28. The van der Waals surface area contributed by atoms with Crippen LogP contribution in [0.2, 0.25) is 0 Å². The molecule has 2 aromatic carbocycles. The number of nitrogens with one attached hydrogen (secondary N) is 1. The number of carbonyl (C=O) groups is 3. The van der Waals surface area contributed by atoms with Crippen LogP contribution in [0.3, 0.4) is 0 Å². The molecule has 0 aliphatic carbocycles. The van der Waals surface area contributed by atoms with Gasteiger partial charge in [-0.05, 0) is 43.3 Å². The minimum Gasteiger partial charge on any atom is -0.298 e. The summed E-state index contributed by atoms with van der Waals surface area (Å²) in [6.45, 7) is 1.96. The van der Waals surface area contributed by atoms with E-state index in [9.17, 15) is 14.4 Å². The Balaban J connectivity index is 1.50. The lowest BCUT2D eigenvalue weighted by Gasteiger charge is -2.13. The van der Waals surface area contributed by atoms with E-state index in [1.54, 1.807) is 24.3 Å². The smallest absolute Gasteiger partial charge is 0.257 e. The number of aryl methyl sites for hydroxylation is 1. The molecule has 0 unspecified atom stereocenters. The summed E-state index contributed by atoms with van der Waals surface area (Å²) in [6, 6.07) is 14.2. The molecule has 0 bridgehead atoms. The molecule has 1 aromatic heterocycles. The van der Waals surface area contributed by atoms with Crippen molar-refractivity contribution in [2.24, 2.45) is 0 Å². The summed E-state index contributed by atoms with van der Waals surface area (Å²) in [5, 5.41) is 3.33. The third-order valence-electron chi connectivity index (χ3n) is 4.57. The van der Waals surface area contributed by atoms with Crippen molar-refractivity contribution in [1.82, 2.24) is 4.98 Å². The molecular weight excluding hydrogens is 454 g/mol. The van der Waals surface area contributed by atoms with Gasteiger partial charge >= 0.3 is 0 Å². The Morgan fingerprint density at radius 3 is 2.28 bits per heavy atom. The minimum atomic E-state index is -0.299. The van der Waals surface area contributed by atoms with E-state index in [1.807, 2.05) is 31.2 Å². The largest absolute Gasteiger partial charge is 0.298 e. The van der Waals surface area contributed by atoms with Crippen LogP contribution in [-0.2, 0) is 9.59 Å². The molecule has 2 heterocycles. The van der Waals surface area contributed by atoms with E-state index in [0.717, 1.165) is 25.5 Å². The monoisotopic (exact) mass is 469 g/mol. The van der Waals surface area contributed by atoms with Gasteiger partial charge in [0.1, 0.15) is 0 Å². The standard InChI is InChI=1S/C21H16BrN3O3S/c1-12-19(13-2-6-15(22)7-3-13)23-21(29-12)24-20(28)14-4-8-16(9-5-14)25-17(26)10-11-18(25)27/h2-9H,10-11H2,1H3,(H,23,24,28). The van der Waals surface area contributed by atoms with Gasteiger partial charge in [0.05, 0.1) is 11.4 Å². The van der Waals surface area contributed by atoms with Gasteiger partial charge in [0.25, 0.3) is 5.91 Å². The Kier molecular flexibility index (Phi) is 5.29. The molecular formula is C21H16BrN3O3S. The van der Waals surface area contributed by atoms with Crippen molar-refractivity contribution in [3.8, 4) is 11.3 Å². The highest BCUT2D eigenvalue weighted by Crippen LogP contribution is 2.31. The van der Waals surface area contributed by atoms with Gasteiger partial charge in [-0.1, -0.05) is 28.1 Å². The molecule has 1 N–H and O–H groups in total. The molecule has 0 saturated carbocycles. The van der Waals surface area contributed by atoms with Crippen LogP contribution in [0.4, 0.5) is 10.8 Å². The highest BCUT2D eigenvalue weighted by Gasteiger charge is 2.30. The maximum absolute atomic E-state index is 12.6. The third kappa shape index (κ3) is 3.99. The number of aromatic nitrogens is 1. The normalized spacial score (nSPS) is 13.8. The quantitative estimate of drug-likeness (QED) is 0.557. The fourth-order valence-electron chi connectivity index (χ4n) is 3.12. The number of rotatable bonds is 4. The predicted octanol–water partition coefficient (Wildman–Crippen LogP) is 4.79. The van der Waals surface area contributed by atoms with E-state index < -0.39 is 0 Å². The average Bonchev–Trinajstić information content (AvgIpc) is 3.24. The van der Waals surface area contributed by atoms with Crippen molar-refractivity contribution in [2.45, 2.75) is 19.8 Å². The SMILES string of the molecule is Cc1sc(NC(=O)c2ccc(N3C(=O)CCC3=O)cc2)nc1-c1ccc(Br)cc1. The predicted molar refractivity (Wildman–Crippen MR) is 116 cm³/mol. The van der Waals surface area contributed by atoms with Crippen molar-refractivity contribution in [2.75, 3.05) is 10.2 Å². The molecule has 8 heteroatoms. The maximum atomic E-state index is 12.6. The van der Waals surface area contributed by atoms with Crippen LogP contribution < -0.4 is 10.2 Å². The number of benzene rings is 2. The van der Waals surface area contributed by atoms with Gasteiger partial charge in [-0.25, -0.2) is 4.98 Å². The molecule has 3 aromatic rings. The summed E-state index contributed by atoms with van der Waals surface area (Å²) in [6.07, 6.45) is 0.455. The summed E-state index contributed by atoms with van der Waals surface area (Å²) in [5.41, 5.74) is 2.72. The van der Waals surface area contributed by atoms with E-state index in [-0.39, 0.29) is 30.6 Å². The Hall–Kier alpha value is -2.84. The van der Waals surface area contributed by atoms with Crippen LogP contribution in [0.15, 0.2) is 53.0 Å². The average molecular weight is 470 g/mol. The number of halogens is 1. The van der Waals surface area contributed by atoms with Crippen LogP contribution in [0.5, 0.6) is 0 Å². The Morgan fingerprint density at radius 2 is 1.66 bits per heavy atom. The third-order valence-corrected chi connectivity index (χ3v) is 5.99. The lowest BCUT2D eigenvalue weighted by atomic mass is 10.1. The Bertz CT molecular complexity index is 1090. The number of imide groups is 1. The lowest BCUT2D eigenvalue weighted by molar-refractivity contribution is -0.121. The number of thiazole rings is 1. The van der Waals surface area contributed by atoms with Crippen LogP contribution >= 0.6 is 27.3 Å². The van der Waals surface area contributed by atoms with Crippen LogP contribution in [0.25, 0.3) is 11.3 Å². The molecule has 0 atom stereocenters. The van der Waals surface area contributed by atoms with E-state index in [0.29, 0.717) is 16.4 Å². The zero-order valence-electron chi connectivity index (χ0n) is 15.4. The fraction of sp³-hybridized carbons (Fsp3) is 0.143. The van der Waals surface area contributed by atoms with Gasteiger partial charge in [0.15, 0.2) is 5.13 Å². The molecule has 1 saturated heterocycles. The van der Waals surface area contributed by atoms with Crippen molar-refractivity contribution < 1.29 is 14.4 Å². The molecule has 146 valence electrons. The second kappa shape index (κ2) is 7.88. The molecule has 29 heavy (non-hydrogen) atoms. The number of nitrogens with zero attached hydrogens (tertiary/aromatic N) is 2. The van der Waals surface area contributed by atoms with Crippen LogP contribution in [-0.4, -0.2) is 22.7 Å². The first-order chi connectivity index (χ1) is 13.9. The molecule has 0 spiro atoms. The first kappa shape index (κ1) is 19.5. The summed E-state index contributed by atoms with van der Waals surface area (Å²) in [7, 11) is 0. The fourth-order valence-corrected chi connectivity index (χ4v) is 4.22. The van der Waals surface area contributed by atoms with E-state index in [4.69, 9.17) is 0 Å². The topological polar surface area (TPSA) is 79.4 Å². The number of hydrogen-bond acceptors (Lipinski definition) is 5. The summed E-state index contributed by atoms with van der Waals surface area (Å²) < 4.78 is 0.989. The number of carbonyl (C=O) groups excluding carboxylic acids is 3. The van der Waals surface area contributed by atoms with E-state index in [1.165, 1.54) is 11.3 Å². The van der Waals surface area contributed by atoms with Crippen LogP contribution in [0.1, 0.15) is 28.1 Å². The number of amides is 3. The van der Waals surface area contributed by atoms with Crippen molar-refractivity contribution in [1.29, 1.82) is 0 Å². The van der Waals surface area contributed by atoms with Gasteiger partial charge in [-0.3, -0.25) is 24.6 Å². The van der Waals surface area contributed by atoms with Crippen LogP contribution in [0, 0.1) is 6.92 Å². The Morgan fingerprint density at radius 1 is 1.03 bits per heavy atom. The second-order valence-corrected chi connectivity index (χ2v) is 8.67. The second-order valence-electron chi connectivity index (χ2n) is 6.55. The molecule has 0 radical (unpaired) electrons. The molecule has 1 fully saturated rings. The summed E-state index contributed by atoms with van der Waals surface area (Å²) in [5.74, 6) is -0.733. The van der Waals surface area contributed by atoms with Gasteiger partial charge in [0, 0.05) is 33.3 Å². The number of hydrogen-bond donors (Lipinski definition) is 1. The zero-order valence-corrected chi connectivity index (χ0v) is 17.8. The molecule has 4 rings (SSSR count). The summed E-state index contributed by atoms with van der Waals surface area (Å²) >= 11 is 4.83. The van der Waals surface area contributed by atoms with Gasteiger partial charge in [-0.2, -0.15) is 0 Å². The maximum Gasteiger partial charge on any atom is 0.257 e.